The van der Waals surface area contributed by atoms with Crippen LogP contribution in [0.15, 0.2) is 42.6 Å². The van der Waals surface area contributed by atoms with Crippen LogP contribution in [0.4, 0.5) is 10.5 Å². The summed E-state index contributed by atoms with van der Waals surface area (Å²) in [5.74, 6) is -0.517. The number of aromatic nitrogens is 1. The van der Waals surface area contributed by atoms with Crippen molar-refractivity contribution in [1.82, 2.24) is 9.88 Å². The van der Waals surface area contributed by atoms with Crippen LogP contribution in [0, 0.1) is 0 Å². The minimum atomic E-state index is -0.517. The van der Waals surface area contributed by atoms with Crippen LogP contribution in [0.2, 0.25) is 5.02 Å². The van der Waals surface area contributed by atoms with Crippen molar-refractivity contribution in [2.45, 2.75) is 37.1 Å². The zero-order valence-electron chi connectivity index (χ0n) is 18.0. The Balaban J connectivity index is 0.00000289. The summed E-state index contributed by atoms with van der Waals surface area (Å²) in [5.41, 5.74) is 8.16. The van der Waals surface area contributed by atoms with E-state index in [1.165, 1.54) is 18.9 Å². The fourth-order valence-electron chi connectivity index (χ4n) is 4.83. The van der Waals surface area contributed by atoms with E-state index in [-0.39, 0.29) is 35.6 Å². The number of pyridine rings is 1. The van der Waals surface area contributed by atoms with E-state index >= 15 is 0 Å². The van der Waals surface area contributed by atoms with Gasteiger partial charge < -0.3 is 15.4 Å². The van der Waals surface area contributed by atoms with Gasteiger partial charge in [0.2, 0.25) is 0 Å². The number of ether oxygens (including phenoxy) is 1. The SMILES string of the molecule is COC(=O)c1cc(N2CCN([C@H]3CC[C@](CN)(c4cccc(Cl)c4)CC3)C2=O)ccn1.Cl. The molecule has 2 amide bonds. The standard InChI is InChI=1S/C23H27ClN4O3.ClH/c1-31-21(29)20-14-19(7-10-26-20)28-12-11-27(22(28)30)18-5-8-23(15-25,9-6-18)16-3-2-4-17(24)13-16;/h2-4,7,10,13-14,18H,5-6,8-9,11-12,15,25H2,1H3;1H/t18-,23-;. The van der Waals surface area contributed by atoms with Gasteiger partial charge in [-0.1, -0.05) is 23.7 Å². The van der Waals surface area contributed by atoms with Crippen LogP contribution in [0.1, 0.15) is 41.7 Å². The van der Waals surface area contributed by atoms with Gasteiger partial charge in [0, 0.05) is 48.0 Å². The number of hydrogen-bond acceptors (Lipinski definition) is 5. The Morgan fingerprint density at radius 1 is 1.25 bits per heavy atom. The molecule has 1 aliphatic heterocycles. The van der Waals surface area contributed by atoms with E-state index in [0.29, 0.717) is 25.3 Å². The van der Waals surface area contributed by atoms with E-state index in [1.807, 2.05) is 23.1 Å². The fourth-order valence-corrected chi connectivity index (χ4v) is 5.02. The van der Waals surface area contributed by atoms with Crippen molar-refractivity contribution in [3.05, 3.63) is 58.9 Å². The lowest BCUT2D eigenvalue weighted by Gasteiger charge is -2.42. The molecule has 2 heterocycles. The first-order chi connectivity index (χ1) is 15.0. The summed E-state index contributed by atoms with van der Waals surface area (Å²) in [6.07, 6.45) is 5.15. The third-order valence-electron chi connectivity index (χ3n) is 6.67. The highest BCUT2D eigenvalue weighted by molar-refractivity contribution is 6.30. The van der Waals surface area contributed by atoms with Gasteiger partial charge in [-0.3, -0.25) is 4.90 Å². The second-order valence-electron chi connectivity index (χ2n) is 8.24. The number of anilines is 1. The summed E-state index contributed by atoms with van der Waals surface area (Å²) >= 11 is 6.22. The van der Waals surface area contributed by atoms with Crippen LogP contribution in [0.5, 0.6) is 0 Å². The van der Waals surface area contributed by atoms with Gasteiger partial charge in [-0.05, 0) is 55.5 Å². The van der Waals surface area contributed by atoms with Gasteiger partial charge in [0.15, 0.2) is 0 Å². The molecule has 7 nitrogen and oxygen atoms in total. The first-order valence-corrected chi connectivity index (χ1v) is 10.9. The molecule has 0 radical (unpaired) electrons. The third-order valence-corrected chi connectivity index (χ3v) is 6.91. The number of urea groups is 1. The summed E-state index contributed by atoms with van der Waals surface area (Å²) in [6.45, 7) is 1.80. The summed E-state index contributed by atoms with van der Waals surface area (Å²) < 4.78 is 4.74. The molecule has 0 unspecified atom stereocenters. The third kappa shape index (κ3) is 4.56. The average Bonchev–Trinajstić information content (AvgIpc) is 3.20. The molecule has 9 heteroatoms. The van der Waals surface area contributed by atoms with Gasteiger partial charge in [0.25, 0.3) is 0 Å². The van der Waals surface area contributed by atoms with Gasteiger partial charge in [0.05, 0.1) is 7.11 Å². The van der Waals surface area contributed by atoms with Crippen molar-refractivity contribution in [3.8, 4) is 0 Å². The monoisotopic (exact) mass is 478 g/mol. The number of rotatable bonds is 5. The van der Waals surface area contributed by atoms with Gasteiger partial charge in [0.1, 0.15) is 5.69 Å². The van der Waals surface area contributed by atoms with E-state index in [0.717, 1.165) is 30.7 Å². The maximum Gasteiger partial charge on any atom is 0.356 e. The van der Waals surface area contributed by atoms with E-state index in [2.05, 4.69) is 11.1 Å². The Morgan fingerprint density at radius 3 is 2.66 bits per heavy atom. The fraction of sp³-hybridized carbons (Fsp3) is 0.435. The van der Waals surface area contributed by atoms with E-state index in [9.17, 15) is 9.59 Å². The van der Waals surface area contributed by atoms with Crippen LogP contribution in [-0.4, -0.2) is 54.7 Å². The molecular weight excluding hydrogens is 451 g/mol. The van der Waals surface area contributed by atoms with Crippen molar-refractivity contribution in [2.75, 3.05) is 31.6 Å². The van der Waals surface area contributed by atoms with E-state index in [1.54, 1.807) is 17.0 Å². The Morgan fingerprint density at radius 2 is 2.00 bits per heavy atom. The molecule has 2 N–H and O–H groups in total. The first-order valence-electron chi connectivity index (χ1n) is 10.6. The van der Waals surface area contributed by atoms with Crippen LogP contribution >= 0.6 is 24.0 Å². The topological polar surface area (TPSA) is 88.8 Å². The Kier molecular flexibility index (Phi) is 7.64. The maximum absolute atomic E-state index is 13.2. The molecule has 2 fully saturated rings. The van der Waals surface area contributed by atoms with E-state index in [4.69, 9.17) is 22.1 Å². The number of halogens is 2. The predicted octanol–water partition coefficient (Wildman–Crippen LogP) is 4.02. The van der Waals surface area contributed by atoms with Crippen molar-refractivity contribution in [3.63, 3.8) is 0 Å². The van der Waals surface area contributed by atoms with Crippen molar-refractivity contribution >= 4 is 41.7 Å². The number of amides is 2. The molecule has 2 aromatic rings. The Bertz CT molecular complexity index is 979. The minimum Gasteiger partial charge on any atom is -0.464 e. The molecule has 32 heavy (non-hydrogen) atoms. The van der Waals surface area contributed by atoms with Gasteiger partial charge >= 0.3 is 12.0 Å². The van der Waals surface area contributed by atoms with Crippen LogP contribution in [0.3, 0.4) is 0 Å². The number of esters is 1. The summed E-state index contributed by atoms with van der Waals surface area (Å²) in [5, 5.41) is 0.724. The Labute approximate surface area is 199 Å². The number of benzene rings is 1. The second-order valence-corrected chi connectivity index (χ2v) is 8.68. The first kappa shape index (κ1) is 24.3. The highest BCUT2D eigenvalue weighted by Crippen LogP contribution is 2.41. The normalized spacial score (nSPS) is 23.1. The zero-order valence-corrected chi connectivity index (χ0v) is 19.6. The molecule has 1 aromatic carbocycles. The predicted molar refractivity (Wildman–Crippen MR) is 127 cm³/mol. The highest BCUT2D eigenvalue weighted by Gasteiger charge is 2.41. The zero-order chi connectivity index (χ0) is 22.0. The molecule has 0 spiro atoms. The molecule has 1 saturated carbocycles. The molecule has 0 atom stereocenters. The lowest BCUT2D eigenvalue weighted by Crippen LogP contribution is -2.46. The second kappa shape index (κ2) is 10.1. The number of nitrogens with zero attached hydrogens (tertiary/aromatic N) is 3. The van der Waals surface area contributed by atoms with E-state index < -0.39 is 5.97 Å². The molecule has 172 valence electrons. The highest BCUT2D eigenvalue weighted by atomic mass is 35.5. The lowest BCUT2D eigenvalue weighted by molar-refractivity contribution is 0.0594. The number of carbonyl (C=O) groups excluding carboxylic acids is 2. The summed E-state index contributed by atoms with van der Waals surface area (Å²) in [6, 6.07) is 11.5. The summed E-state index contributed by atoms with van der Waals surface area (Å²) in [4.78, 5) is 32.6. The maximum atomic E-state index is 13.2. The number of carbonyl (C=O) groups is 2. The average molecular weight is 479 g/mol. The molecule has 1 aliphatic carbocycles. The molecule has 2 aliphatic rings. The van der Waals surface area contributed by atoms with Crippen molar-refractivity contribution in [1.29, 1.82) is 0 Å². The number of nitrogens with two attached hydrogens (primary N) is 1. The quantitative estimate of drug-likeness (QED) is 0.655. The molecule has 4 rings (SSSR count). The number of hydrogen-bond donors (Lipinski definition) is 1. The lowest BCUT2D eigenvalue weighted by atomic mass is 9.68. The number of methoxy groups -OCH3 is 1. The van der Waals surface area contributed by atoms with Crippen LogP contribution in [0.25, 0.3) is 0 Å². The molecule has 1 aromatic heterocycles. The molecule has 1 saturated heterocycles. The van der Waals surface area contributed by atoms with Crippen molar-refractivity contribution < 1.29 is 14.3 Å². The molecular formula is C23H28Cl2N4O3. The van der Waals surface area contributed by atoms with Crippen molar-refractivity contribution in [2.24, 2.45) is 5.73 Å². The Hall–Kier alpha value is -2.35. The van der Waals surface area contributed by atoms with Gasteiger partial charge in [-0.15, -0.1) is 12.4 Å². The van der Waals surface area contributed by atoms with Crippen LogP contribution in [-0.2, 0) is 10.2 Å². The van der Waals surface area contributed by atoms with Crippen LogP contribution < -0.4 is 10.6 Å². The molecule has 0 bridgehead atoms. The largest absolute Gasteiger partial charge is 0.464 e. The minimum absolute atomic E-state index is 0. The van der Waals surface area contributed by atoms with Gasteiger partial charge in [-0.25, -0.2) is 14.6 Å². The summed E-state index contributed by atoms with van der Waals surface area (Å²) in [7, 11) is 1.31. The smallest absolute Gasteiger partial charge is 0.356 e. The van der Waals surface area contributed by atoms with Gasteiger partial charge in [-0.2, -0.15) is 0 Å².